The predicted octanol–water partition coefficient (Wildman–Crippen LogP) is 1.97. The molecule has 0 aliphatic carbocycles. The van der Waals surface area contributed by atoms with Crippen LogP contribution in [0.1, 0.15) is 25.3 Å². The molecule has 16 nitrogen and oxygen atoms in total. The molecule has 3 aliphatic heterocycles. The van der Waals surface area contributed by atoms with Gasteiger partial charge in [-0.05, 0) is 18.2 Å². The van der Waals surface area contributed by atoms with Crippen LogP contribution in [0, 0.1) is 0 Å². The van der Waals surface area contributed by atoms with Gasteiger partial charge in [-0.25, -0.2) is 28.9 Å². The number of aromatic nitrogens is 7. The summed E-state index contributed by atoms with van der Waals surface area (Å²) in [6.45, 7) is -7.97. The van der Waals surface area contributed by atoms with Crippen LogP contribution in [0.25, 0.3) is 16.9 Å². The standard InChI is InChI=1S/C22H25FN8O8P2S2/c23-15-17-12(37-21(15)31-10-28-16-18(24)26-9-27-19(16)31)2-6-40(33,42)38-13-7-11(8-35-41(34,43)39-17)36-20(13)30-4-1-14(32)29-5-3-25-22(29)30/h1,3-5,9-13,15,17,20-21H,2,6-8H2,(H,33,42)(H,34,43)(H2,24,26,27)/t11-,12+,13+,15-,17+,20+,21+,40?,41?/m0/s1. The molecule has 2 unspecified atom stereocenters. The van der Waals surface area contributed by atoms with Gasteiger partial charge in [-0.2, -0.15) is 0 Å². The van der Waals surface area contributed by atoms with Crippen LogP contribution in [0.15, 0.2) is 42.1 Å². The van der Waals surface area contributed by atoms with E-state index in [0.29, 0.717) is 0 Å². The summed E-state index contributed by atoms with van der Waals surface area (Å²) in [6, 6.07) is 1.34. The molecule has 7 heterocycles. The Labute approximate surface area is 252 Å². The monoisotopic (exact) mass is 674 g/mol. The number of imidazole rings is 2. The topological polar surface area (TPSA) is 192 Å². The zero-order valence-electron chi connectivity index (χ0n) is 22.0. The zero-order valence-corrected chi connectivity index (χ0v) is 25.5. The molecule has 4 aromatic rings. The molecular weight excluding hydrogens is 649 g/mol. The fourth-order valence-electron chi connectivity index (χ4n) is 5.56. The summed E-state index contributed by atoms with van der Waals surface area (Å²) in [5.74, 6) is 0.387. The van der Waals surface area contributed by atoms with Gasteiger partial charge in [0.25, 0.3) is 5.56 Å². The molecule has 0 amide bonds. The van der Waals surface area contributed by atoms with E-state index in [1.165, 1.54) is 46.3 Å². The minimum atomic E-state index is -4.17. The van der Waals surface area contributed by atoms with Crippen molar-refractivity contribution in [3.63, 3.8) is 0 Å². The summed E-state index contributed by atoms with van der Waals surface area (Å²) in [7, 11) is 0. The van der Waals surface area contributed by atoms with E-state index in [9.17, 15) is 14.3 Å². The molecule has 4 aromatic heterocycles. The molecule has 3 N–H and O–H groups in total. The molecule has 3 fully saturated rings. The summed E-state index contributed by atoms with van der Waals surface area (Å²) < 4.78 is 63.2. The van der Waals surface area contributed by atoms with E-state index in [4.69, 9.17) is 40.6 Å². The number of hydrogen-bond donors (Lipinski definition) is 3. The number of hydrogen-bond acceptors (Lipinski definition) is 13. The number of thiol groups is 1. The van der Waals surface area contributed by atoms with E-state index in [0.717, 1.165) is 0 Å². The highest BCUT2D eigenvalue weighted by Gasteiger charge is 2.51. The second-order valence-corrected chi connectivity index (χ2v) is 16.8. The first-order chi connectivity index (χ1) is 20.5. The molecule has 3 saturated heterocycles. The van der Waals surface area contributed by atoms with Crippen molar-refractivity contribution in [1.29, 1.82) is 0 Å². The van der Waals surface area contributed by atoms with E-state index in [2.05, 4.69) is 32.2 Å². The third kappa shape index (κ3) is 5.45. The van der Waals surface area contributed by atoms with Gasteiger partial charge in [0.15, 0.2) is 36.6 Å². The minimum absolute atomic E-state index is 0.0168. The summed E-state index contributed by atoms with van der Waals surface area (Å²) >= 11 is 9.62. The molecular formula is C22H25FN8O8P2S2. The molecule has 3 aliphatic rings. The van der Waals surface area contributed by atoms with Crippen LogP contribution in [-0.2, 0) is 39.4 Å². The normalized spacial score (nSPS) is 37.1. The van der Waals surface area contributed by atoms with Crippen LogP contribution in [-0.4, -0.2) is 81.7 Å². The van der Waals surface area contributed by atoms with Crippen LogP contribution < -0.4 is 11.3 Å². The van der Waals surface area contributed by atoms with Gasteiger partial charge in [0, 0.05) is 37.2 Å². The third-order valence-corrected chi connectivity index (χ3v) is 11.3. The van der Waals surface area contributed by atoms with Crippen molar-refractivity contribution in [1.82, 2.24) is 33.5 Å². The number of ether oxygens (including phenoxy) is 2. The van der Waals surface area contributed by atoms with E-state index >= 15 is 4.39 Å². The summed E-state index contributed by atoms with van der Waals surface area (Å²) in [4.78, 5) is 40.0. The van der Waals surface area contributed by atoms with Gasteiger partial charge in [0.1, 0.15) is 24.1 Å². The molecule has 0 aromatic carbocycles. The average Bonchev–Trinajstić information content (AvgIpc) is 3.74. The number of anilines is 1. The number of nitrogens with zero attached hydrogens (tertiary/aromatic N) is 7. The van der Waals surface area contributed by atoms with Crippen LogP contribution >= 0.6 is 25.5 Å². The number of fused-ring (bicyclic) bond motifs is 5. The number of alkyl halides is 1. The lowest BCUT2D eigenvalue weighted by Gasteiger charge is -2.28. The third-order valence-electron chi connectivity index (χ3n) is 7.49. The molecule has 7 rings (SSSR count). The van der Waals surface area contributed by atoms with Crippen molar-refractivity contribution in [2.75, 3.05) is 18.5 Å². The Hall–Kier alpha value is -2.31. The fraction of sp³-hybridized carbons (Fsp3) is 0.500. The van der Waals surface area contributed by atoms with Gasteiger partial charge in [-0.3, -0.25) is 27.4 Å². The predicted molar refractivity (Wildman–Crippen MR) is 155 cm³/mol. The number of halogens is 1. The van der Waals surface area contributed by atoms with Gasteiger partial charge in [0.05, 0.1) is 25.1 Å². The lowest BCUT2D eigenvalue weighted by Crippen LogP contribution is -2.32. The lowest BCUT2D eigenvalue weighted by molar-refractivity contribution is -0.0453. The van der Waals surface area contributed by atoms with Crippen LogP contribution in [0.5, 0.6) is 0 Å². The van der Waals surface area contributed by atoms with E-state index in [-0.39, 0.29) is 53.9 Å². The van der Waals surface area contributed by atoms with Gasteiger partial charge < -0.3 is 24.6 Å². The number of nitrogen functional groups attached to an aromatic ring is 1. The summed E-state index contributed by atoms with van der Waals surface area (Å²) in [5.41, 5.74) is 6.06. The lowest BCUT2D eigenvalue weighted by atomic mass is 10.1. The Bertz CT molecular complexity index is 1860. The first-order valence-corrected chi connectivity index (χ1v) is 18.6. The van der Waals surface area contributed by atoms with Crippen molar-refractivity contribution in [3.8, 4) is 0 Å². The Kier molecular flexibility index (Phi) is 7.48. The summed E-state index contributed by atoms with van der Waals surface area (Å²) in [6.07, 6.45) is -0.920. The Morgan fingerprint density at radius 3 is 2.79 bits per heavy atom. The van der Waals surface area contributed by atoms with Crippen LogP contribution in [0.2, 0.25) is 0 Å². The maximum atomic E-state index is 16.0. The van der Waals surface area contributed by atoms with E-state index in [1.54, 1.807) is 4.57 Å². The first kappa shape index (κ1) is 29.4. The SMILES string of the molecule is Nc1ncnc2c1ncn2[C@@H]1O[C@@H]2CCP(O)(=S)O[C@@H]3C[C@@H](COP(=O)(S)O[C@H]2[C@@H]1F)O[C@H]3n1ccc(=O)n2ccnc12. The second-order valence-electron chi connectivity index (χ2n) is 10.3. The second kappa shape index (κ2) is 10.9. The van der Waals surface area contributed by atoms with Crippen molar-refractivity contribution in [3.05, 3.63) is 47.7 Å². The van der Waals surface area contributed by atoms with Crippen molar-refractivity contribution < 1.29 is 36.9 Å². The Balaban J connectivity index is 1.19. The number of rotatable bonds is 2. The highest BCUT2D eigenvalue weighted by molar-refractivity contribution is 8.44. The van der Waals surface area contributed by atoms with Gasteiger partial charge >= 0.3 is 6.80 Å². The highest BCUT2D eigenvalue weighted by atomic mass is 32.7. The molecule has 9 atom stereocenters. The van der Waals surface area contributed by atoms with E-state index < -0.39 is 56.3 Å². The Morgan fingerprint density at radius 1 is 1.12 bits per heavy atom. The molecule has 2 bridgehead atoms. The fourth-order valence-corrected chi connectivity index (χ4v) is 9.01. The molecule has 0 radical (unpaired) electrons. The first-order valence-electron chi connectivity index (χ1n) is 13.1. The minimum Gasteiger partial charge on any atom is -0.382 e. The largest absolute Gasteiger partial charge is 0.386 e. The number of nitrogens with two attached hydrogens (primary N) is 1. The van der Waals surface area contributed by atoms with Crippen LogP contribution in [0.3, 0.4) is 0 Å². The molecule has 230 valence electrons. The molecule has 21 heteroatoms. The van der Waals surface area contributed by atoms with Crippen molar-refractivity contribution >= 4 is 60.1 Å². The maximum absolute atomic E-state index is 16.0. The molecule has 43 heavy (non-hydrogen) atoms. The Morgan fingerprint density at radius 2 is 1.95 bits per heavy atom. The van der Waals surface area contributed by atoms with Crippen LogP contribution in [0.4, 0.5) is 10.2 Å². The molecule has 0 spiro atoms. The van der Waals surface area contributed by atoms with Gasteiger partial charge in [-0.15, -0.1) is 0 Å². The van der Waals surface area contributed by atoms with Gasteiger partial charge in [-0.1, -0.05) is 12.2 Å². The zero-order chi connectivity index (χ0) is 30.1. The average molecular weight is 675 g/mol. The smallest absolute Gasteiger partial charge is 0.382 e. The molecule has 0 saturated carbocycles. The maximum Gasteiger partial charge on any atom is 0.386 e. The highest BCUT2D eigenvalue weighted by Crippen LogP contribution is 2.58. The summed E-state index contributed by atoms with van der Waals surface area (Å²) in [5, 5.41) is 0. The van der Waals surface area contributed by atoms with Crippen molar-refractivity contribution in [2.24, 2.45) is 0 Å². The van der Waals surface area contributed by atoms with E-state index in [1.807, 2.05) is 0 Å². The quantitative estimate of drug-likeness (QED) is 0.206. The van der Waals surface area contributed by atoms with Crippen molar-refractivity contribution in [2.45, 2.75) is 55.9 Å². The van der Waals surface area contributed by atoms with Gasteiger partial charge in [0.2, 0.25) is 5.78 Å².